The molecule has 1 rings (SSSR count). The number of aryl methyl sites for hydroxylation is 1. The number of carbonyl (C=O) groups excluding carboxylic acids is 1. The summed E-state index contributed by atoms with van der Waals surface area (Å²) in [6.45, 7) is 8.85. The second kappa shape index (κ2) is 11.8. The van der Waals surface area contributed by atoms with Crippen molar-refractivity contribution in [1.29, 1.82) is 0 Å². The molecule has 0 spiro atoms. The number of unbranched alkanes of at least 4 members (excludes halogenated alkanes) is 3. The van der Waals surface area contributed by atoms with E-state index in [1.807, 2.05) is 0 Å². The van der Waals surface area contributed by atoms with Gasteiger partial charge in [0.05, 0.1) is 0 Å². The van der Waals surface area contributed by atoms with Crippen LogP contribution in [-0.4, -0.2) is 24.3 Å². The molecule has 0 aromatic heterocycles. The Morgan fingerprint density at radius 3 is 1.72 bits per heavy atom. The minimum absolute atomic E-state index is 0.153. The van der Waals surface area contributed by atoms with Crippen molar-refractivity contribution < 1.29 is 4.79 Å². The Morgan fingerprint density at radius 2 is 1.36 bits per heavy atom. The van der Waals surface area contributed by atoms with Crippen LogP contribution in [0.3, 0.4) is 0 Å². The van der Waals surface area contributed by atoms with Crippen molar-refractivity contribution in [3.8, 4) is 0 Å². The van der Waals surface area contributed by atoms with Crippen LogP contribution in [-0.2, 0) is 4.79 Å². The Balaban J connectivity index is 3.33. The topological polar surface area (TPSA) is 43.1 Å². The molecule has 0 aliphatic rings. The number of benzene rings is 1. The monoisotopic (exact) mass is 451 g/mol. The molecule has 0 bridgehead atoms. The Bertz CT molecular complexity index is 526. The van der Waals surface area contributed by atoms with E-state index in [1.54, 1.807) is 0 Å². The molecule has 0 aliphatic heterocycles. The van der Waals surface area contributed by atoms with Gasteiger partial charge in [-0.25, -0.2) is 0 Å². The first-order chi connectivity index (χ1) is 12.0. The Kier molecular flexibility index (Phi) is 10.5. The molecule has 25 heavy (non-hydrogen) atoms. The zero-order valence-electron chi connectivity index (χ0n) is 16.7. The molecule has 0 heterocycles. The summed E-state index contributed by atoms with van der Waals surface area (Å²) in [6.07, 6.45) is 9.47. The third-order valence-electron chi connectivity index (χ3n) is 5.25. The van der Waals surface area contributed by atoms with Crippen LogP contribution in [0, 0.1) is 6.92 Å². The van der Waals surface area contributed by atoms with Gasteiger partial charge in [0.2, 0.25) is 0 Å². The maximum absolute atomic E-state index is 12.5. The molecule has 0 radical (unpaired) electrons. The molecule has 0 saturated heterocycles. The SMILES string of the molecule is CCC[CH2][Sn]([CH2]CCC)([CH2]CCC)/[C](=C/c1ccc(C)cc1)C(N)=O. The van der Waals surface area contributed by atoms with Crippen LogP contribution < -0.4 is 5.73 Å². The second-order valence-electron chi connectivity index (χ2n) is 7.42. The first kappa shape index (κ1) is 22.3. The van der Waals surface area contributed by atoms with Crippen LogP contribution in [0.4, 0.5) is 0 Å². The molecule has 2 nitrogen and oxygen atoms in total. The van der Waals surface area contributed by atoms with Gasteiger partial charge in [0.15, 0.2) is 0 Å². The van der Waals surface area contributed by atoms with E-state index >= 15 is 0 Å². The number of carbonyl (C=O) groups is 1. The number of amides is 1. The normalized spacial score (nSPS) is 12.4. The zero-order chi connectivity index (χ0) is 18.7. The molecular weight excluding hydrogens is 413 g/mol. The maximum atomic E-state index is 12.5. The zero-order valence-corrected chi connectivity index (χ0v) is 19.6. The molecule has 0 unspecified atom stereocenters. The van der Waals surface area contributed by atoms with Crippen LogP contribution in [0.2, 0.25) is 13.3 Å². The molecule has 0 saturated carbocycles. The van der Waals surface area contributed by atoms with Gasteiger partial charge in [-0.15, -0.1) is 0 Å². The standard InChI is InChI=1S/C10H10NO.3C4H9.Sn/c1-8-2-4-9(5-3-8)6-7-10(11)12;3*1-3-4-2;/h2-6H,1H3,(H2,11,12);3*1,3-4H2,2H3;. The quantitative estimate of drug-likeness (QED) is 0.297. The minimum atomic E-state index is -2.78. The third-order valence-corrected chi connectivity index (χ3v) is 20.9. The Morgan fingerprint density at radius 1 is 0.920 bits per heavy atom. The number of primary amides is 1. The van der Waals surface area contributed by atoms with Crippen molar-refractivity contribution in [3.63, 3.8) is 0 Å². The van der Waals surface area contributed by atoms with E-state index in [2.05, 4.69) is 58.0 Å². The molecule has 0 aliphatic carbocycles. The van der Waals surface area contributed by atoms with E-state index in [4.69, 9.17) is 5.73 Å². The van der Waals surface area contributed by atoms with E-state index in [0.717, 1.165) is 9.15 Å². The van der Waals surface area contributed by atoms with Gasteiger partial charge in [0.25, 0.3) is 0 Å². The van der Waals surface area contributed by atoms with Crippen LogP contribution in [0.5, 0.6) is 0 Å². The van der Waals surface area contributed by atoms with Gasteiger partial charge in [-0.05, 0) is 0 Å². The third kappa shape index (κ3) is 7.16. The van der Waals surface area contributed by atoms with Gasteiger partial charge < -0.3 is 0 Å². The Hall–Kier alpha value is -0.771. The van der Waals surface area contributed by atoms with Gasteiger partial charge >= 0.3 is 159 Å². The summed E-state index contributed by atoms with van der Waals surface area (Å²) in [6, 6.07) is 8.47. The number of hydrogen-bond donors (Lipinski definition) is 1. The van der Waals surface area contributed by atoms with Gasteiger partial charge in [0.1, 0.15) is 0 Å². The van der Waals surface area contributed by atoms with Crippen molar-refractivity contribution >= 4 is 30.4 Å². The van der Waals surface area contributed by atoms with Crippen LogP contribution in [0.15, 0.2) is 27.9 Å². The molecule has 1 amide bonds. The molecule has 0 atom stereocenters. The fourth-order valence-electron chi connectivity index (χ4n) is 3.64. The van der Waals surface area contributed by atoms with E-state index in [-0.39, 0.29) is 5.91 Å². The van der Waals surface area contributed by atoms with Gasteiger partial charge in [-0.1, -0.05) is 0 Å². The average molecular weight is 450 g/mol. The van der Waals surface area contributed by atoms with Crippen LogP contribution in [0.25, 0.3) is 6.08 Å². The summed E-state index contributed by atoms with van der Waals surface area (Å²) in [4.78, 5) is 12.5. The molecule has 140 valence electrons. The fraction of sp³-hybridized carbons (Fsp3) is 0.591. The number of rotatable bonds is 12. The molecule has 3 heteroatoms. The molecule has 0 fully saturated rings. The van der Waals surface area contributed by atoms with Gasteiger partial charge in [0, 0.05) is 0 Å². The second-order valence-corrected chi connectivity index (χ2v) is 20.6. The van der Waals surface area contributed by atoms with E-state index in [1.165, 1.54) is 57.4 Å². The summed E-state index contributed by atoms with van der Waals surface area (Å²) < 4.78 is 4.86. The number of hydrogen-bond acceptors (Lipinski definition) is 1. The van der Waals surface area contributed by atoms with E-state index in [9.17, 15) is 4.79 Å². The summed E-state index contributed by atoms with van der Waals surface area (Å²) in [5, 5.41) is 0. The molecule has 1 aromatic rings. The first-order valence-electron chi connectivity index (χ1n) is 10.1. The summed E-state index contributed by atoms with van der Waals surface area (Å²) >= 11 is -2.78. The summed E-state index contributed by atoms with van der Waals surface area (Å²) in [5.74, 6) is -0.153. The van der Waals surface area contributed by atoms with Gasteiger partial charge in [-0.3, -0.25) is 0 Å². The molecule has 2 N–H and O–H groups in total. The average Bonchev–Trinajstić information content (AvgIpc) is 2.61. The van der Waals surface area contributed by atoms with Crippen LogP contribution in [0.1, 0.15) is 70.4 Å². The molecular formula is C22H37NOSn. The van der Waals surface area contributed by atoms with Crippen molar-refractivity contribution in [2.45, 2.75) is 79.5 Å². The van der Waals surface area contributed by atoms with E-state index < -0.39 is 18.4 Å². The fourth-order valence-corrected chi connectivity index (χ4v) is 19.7. The van der Waals surface area contributed by atoms with E-state index in [0.29, 0.717) is 0 Å². The first-order valence-corrected chi connectivity index (χ1v) is 17.6. The van der Waals surface area contributed by atoms with Crippen molar-refractivity contribution in [1.82, 2.24) is 0 Å². The summed E-state index contributed by atoms with van der Waals surface area (Å²) in [5.41, 5.74) is 8.34. The molecule has 1 aromatic carbocycles. The van der Waals surface area contributed by atoms with Crippen LogP contribution >= 0.6 is 0 Å². The van der Waals surface area contributed by atoms with Crippen molar-refractivity contribution in [2.75, 3.05) is 0 Å². The van der Waals surface area contributed by atoms with Crippen molar-refractivity contribution in [3.05, 3.63) is 39.0 Å². The van der Waals surface area contributed by atoms with Gasteiger partial charge in [-0.2, -0.15) is 0 Å². The predicted molar refractivity (Wildman–Crippen MR) is 113 cm³/mol. The predicted octanol–water partition coefficient (Wildman–Crippen LogP) is 6.25. The Labute approximate surface area is 159 Å². The summed E-state index contributed by atoms with van der Waals surface area (Å²) in [7, 11) is 0. The number of nitrogens with two attached hydrogens (primary N) is 1. The van der Waals surface area contributed by atoms with Crippen molar-refractivity contribution in [2.24, 2.45) is 5.73 Å².